The number of carbonyl (C=O) groups excluding carboxylic acids is 1. The van der Waals surface area contributed by atoms with E-state index in [0.717, 1.165) is 0 Å². The van der Waals surface area contributed by atoms with Crippen LogP contribution in [0.25, 0.3) is 0 Å². The standard InChI is InChI=1S/C13H20N2O4/c1-9(2)12-5-11(14-19-12)13(17)15-3-4-18-8-10(6-15)7-16/h5,9-10,16H,3-4,6-8H2,1-2H3/t10-/m1/s1. The first kappa shape index (κ1) is 14.0. The van der Waals surface area contributed by atoms with Gasteiger partial charge in [-0.2, -0.15) is 0 Å². The molecule has 1 aromatic heterocycles. The second kappa shape index (κ2) is 6.16. The Morgan fingerprint density at radius 1 is 1.63 bits per heavy atom. The molecule has 1 aromatic rings. The Kier molecular flexibility index (Phi) is 4.55. The Hall–Kier alpha value is -1.40. The molecular weight excluding hydrogens is 248 g/mol. The zero-order valence-electron chi connectivity index (χ0n) is 11.3. The van der Waals surface area contributed by atoms with E-state index in [1.807, 2.05) is 13.8 Å². The van der Waals surface area contributed by atoms with Crippen LogP contribution in [0.4, 0.5) is 0 Å². The summed E-state index contributed by atoms with van der Waals surface area (Å²) in [4.78, 5) is 14.0. The maximum Gasteiger partial charge on any atom is 0.276 e. The van der Waals surface area contributed by atoms with Gasteiger partial charge in [0.1, 0.15) is 5.76 Å². The maximum absolute atomic E-state index is 12.3. The fourth-order valence-corrected chi connectivity index (χ4v) is 2.00. The smallest absolute Gasteiger partial charge is 0.276 e. The molecule has 6 nitrogen and oxygen atoms in total. The Morgan fingerprint density at radius 3 is 3.05 bits per heavy atom. The molecule has 1 atom stereocenters. The molecule has 19 heavy (non-hydrogen) atoms. The number of rotatable bonds is 3. The minimum atomic E-state index is -0.167. The van der Waals surface area contributed by atoms with Crippen LogP contribution in [0, 0.1) is 5.92 Å². The zero-order chi connectivity index (χ0) is 13.8. The molecule has 2 rings (SSSR count). The number of carbonyl (C=O) groups is 1. The van der Waals surface area contributed by atoms with E-state index in [-0.39, 0.29) is 24.3 Å². The number of aliphatic hydroxyl groups excluding tert-OH is 1. The van der Waals surface area contributed by atoms with Gasteiger partial charge in [-0.15, -0.1) is 0 Å². The fourth-order valence-electron chi connectivity index (χ4n) is 2.00. The summed E-state index contributed by atoms with van der Waals surface area (Å²) in [6, 6.07) is 1.69. The number of hydrogen-bond donors (Lipinski definition) is 1. The Balaban J connectivity index is 2.08. The number of aliphatic hydroxyl groups is 1. The number of nitrogens with zero attached hydrogens (tertiary/aromatic N) is 2. The summed E-state index contributed by atoms with van der Waals surface area (Å²) >= 11 is 0. The second-order valence-electron chi connectivity index (χ2n) is 5.14. The van der Waals surface area contributed by atoms with E-state index in [1.165, 1.54) is 0 Å². The number of amides is 1. The lowest BCUT2D eigenvalue weighted by molar-refractivity contribution is 0.0718. The average molecular weight is 268 g/mol. The van der Waals surface area contributed by atoms with Crippen LogP contribution in [0.1, 0.15) is 36.0 Å². The Morgan fingerprint density at radius 2 is 2.42 bits per heavy atom. The molecule has 0 unspecified atom stereocenters. The van der Waals surface area contributed by atoms with Gasteiger partial charge in [0, 0.05) is 37.6 Å². The molecule has 106 valence electrons. The molecule has 0 saturated carbocycles. The van der Waals surface area contributed by atoms with Gasteiger partial charge < -0.3 is 19.3 Å². The van der Waals surface area contributed by atoms with Crippen molar-refractivity contribution in [2.45, 2.75) is 19.8 Å². The molecule has 1 aliphatic rings. The van der Waals surface area contributed by atoms with E-state index in [1.54, 1.807) is 11.0 Å². The molecule has 0 aliphatic carbocycles. The first-order valence-corrected chi connectivity index (χ1v) is 6.56. The average Bonchev–Trinajstić information content (AvgIpc) is 2.77. The van der Waals surface area contributed by atoms with Crippen LogP contribution in [0.3, 0.4) is 0 Å². The van der Waals surface area contributed by atoms with Crippen molar-refractivity contribution in [1.82, 2.24) is 10.1 Å². The van der Waals surface area contributed by atoms with Gasteiger partial charge >= 0.3 is 0 Å². The lowest BCUT2D eigenvalue weighted by atomic mass is 10.1. The van der Waals surface area contributed by atoms with Crippen molar-refractivity contribution in [2.24, 2.45) is 5.92 Å². The minimum Gasteiger partial charge on any atom is -0.396 e. The van der Waals surface area contributed by atoms with E-state index in [0.29, 0.717) is 37.8 Å². The van der Waals surface area contributed by atoms with Gasteiger partial charge in [-0.05, 0) is 0 Å². The second-order valence-corrected chi connectivity index (χ2v) is 5.14. The van der Waals surface area contributed by atoms with E-state index in [4.69, 9.17) is 9.26 Å². The molecule has 1 saturated heterocycles. The molecule has 1 aliphatic heterocycles. The summed E-state index contributed by atoms with van der Waals surface area (Å²) in [6.45, 7) is 5.94. The summed E-state index contributed by atoms with van der Waals surface area (Å²) in [5.41, 5.74) is 0.322. The summed E-state index contributed by atoms with van der Waals surface area (Å²) in [7, 11) is 0. The fraction of sp³-hybridized carbons (Fsp3) is 0.692. The summed E-state index contributed by atoms with van der Waals surface area (Å²) in [5, 5.41) is 13.0. The lowest BCUT2D eigenvalue weighted by Crippen LogP contribution is -2.36. The first-order chi connectivity index (χ1) is 9.11. The molecule has 1 N–H and O–H groups in total. The topological polar surface area (TPSA) is 75.8 Å². The van der Waals surface area contributed by atoms with E-state index < -0.39 is 0 Å². The molecule has 2 heterocycles. The normalized spacial score (nSPS) is 20.6. The highest BCUT2D eigenvalue weighted by molar-refractivity contribution is 5.92. The van der Waals surface area contributed by atoms with E-state index in [9.17, 15) is 9.90 Å². The molecule has 0 spiro atoms. The SMILES string of the molecule is CC(C)c1cc(C(=O)N2CCOC[C@@H](CO)C2)no1. The molecular formula is C13H20N2O4. The van der Waals surface area contributed by atoms with Crippen molar-refractivity contribution in [1.29, 1.82) is 0 Å². The number of aromatic nitrogens is 1. The third-order valence-corrected chi connectivity index (χ3v) is 3.20. The van der Waals surface area contributed by atoms with Crippen LogP contribution in [0.5, 0.6) is 0 Å². The van der Waals surface area contributed by atoms with Crippen LogP contribution < -0.4 is 0 Å². The first-order valence-electron chi connectivity index (χ1n) is 6.56. The van der Waals surface area contributed by atoms with E-state index >= 15 is 0 Å². The molecule has 0 radical (unpaired) electrons. The Labute approximate surface area is 112 Å². The van der Waals surface area contributed by atoms with Crippen molar-refractivity contribution in [2.75, 3.05) is 32.9 Å². The maximum atomic E-state index is 12.3. The molecule has 1 fully saturated rings. The third kappa shape index (κ3) is 3.33. The van der Waals surface area contributed by atoms with Gasteiger partial charge in [0.2, 0.25) is 0 Å². The van der Waals surface area contributed by atoms with E-state index in [2.05, 4.69) is 5.16 Å². The van der Waals surface area contributed by atoms with Crippen LogP contribution in [0.2, 0.25) is 0 Å². The van der Waals surface area contributed by atoms with Crippen molar-refractivity contribution in [3.8, 4) is 0 Å². The molecule has 0 aromatic carbocycles. The van der Waals surface area contributed by atoms with Gasteiger partial charge in [0.05, 0.1) is 13.2 Å². The van der Waals surface area contributed by atoms with Gasteiger partial charge in [-0.1, -0.05) is 19.0 Å². The van der Waals surface area contributed by atoms with Crippen molar-refractivity contribution in [3.05, 3.63) is 17.5 Å². The monoisotopic (exact) mass is 268 g/mol. The predicted molar refractivity (Wildman–Crippen MR) is 67.9 cm³/mol. The van der Waals surface area contributed by atoms with Crippen molar-refractivity contribution >= 4 is 5.91 Å². The van der Waals surface area contributed by atoms with Crippen molar-refractivity contribution < 1.29 is 19.2 Å². The minimum absolute atomic E-state index is 0.0137. The quantitative estimate of drug-likeness (QED) is 0.880. The highest BCUT2D eigenvalue weighted by Crippen LogP contribution is 2.17. The molecule has 0 bridgehead atoms. The molecule has 6 heteroatoms. The molecule has 1 amide bonds. The van der Waals surface area contributed by atoms with Crippen LogP contribution in [-0.4, -0.2) is 54.0 Å². The van der Waals surface area contributed by atoms with Gasteiger partial charge in [-0.3, -0.25) is 4.79 Å². The van der Waals surface area contributed by atoms with Gasteiger partial charge in [0.25, 0.3) is 5.91 Å². The lowest BCUT2D eigenvalue weighted by Gasteiger charge is -2.21. The number of hydrogen-bond acceptors (Lipinski definition) is 5. The highest BCUT2D eigenvalue weighted by Gasteiger charge is 2.25. The highest BCUT2D eigenvalue weighted by atomic mass is 16.5. The van der Waals surface area contributed by atoms with Gasteiger partial charge in [0.15, 0.2) is 5.69 Å². The zero-order valence-corrected chi connectivity index (χ0v) is 11.3. The van der Waals surface area contributed by atoms with Crippen molar-refractivity contribution in [3.63, 3.8) is 0 Å². The third-order valence-electron chi connectivity index (χ3n) is 3.20. The van der Waals surface area contributed by atoms with Crippen LogP contribution in [-0.2, 0) is 4.74 Å². The van der Waals surface area contributed by atoms with Gasteiger partial charge in [-0.25, -0.2) is 0 Å². The number of ether oxygens (including phenoxy) is 1. The summed E-state index contributed by atoms with van der Waals surface area (Å²) in [5.74, 6) is 0.697. The van der Waals surface area contributed by atoms with Crippen LogP contribution in [0.15, 0.2) is 10.6 Å². The largest absolute Gasteiger partial charge is 0.396 e. The predicted octanol–water partition coefficient (Wildman–Crippen LogP) is 0.879. The summed E-state index contributed by atoms with van der Waals surface area (Å²) in [6.07, 6.45) is 0. The Bertz CT molecular complexity index is 430. The summed E-state index contributed by atoms with van der Waals surface area (Å²) < 4.78 is 10.5. The van der Waals surface area contributed by atoms with Crippen LogP contribution >= 0.6 is 0 Å².